The second-order valence-electron chi connectivity index (χ2n) is 5.92. The van der Waals surface area contributed by atoms with Crippen molar-refractivity contribution in [2.75, 3.05) is 16.4 Å². The van der Waals surface area contributed by atoms with Crippen LogP contribution in [-0.4, -0.2) is 9.97 Å². The molecule has 0 aliphatic carbocycles. The van der Waals surface area contributed by atoms with Gasteiger partial charge in [0.2, 0.25) is 0 Å². The Morgan fingerprint density at radius 2 is 1.44 bits per heavy atom. The van der Waals surface area contributed by atoms with E-state index in [1.807, 2.05) is 30.3 Å². The van der Waals surface area contributed by atoms with Crippen LogP contribution in [0.25, 0.3) is 10.8 Å². The highest BCUT2D eigenvalue weighted by molar-refractivity contribution is 6.35. The van der Waals surface area contributed by atoms with Gasteiger partial charge in [0.25, 0.3) is 0 Å². The van der Waals surface area contributed by atoms with Gasteiger partial charge < -0.3 is 16.4 Å². The summed E-state index contributed by atoms with van der Waals surface area (Å²) in [5, 5.41) is 9.67. The number of nitrogen functional groups attached to an aromatic ring is 1. The molecule has 0 atom stereocenters. The van der Waals surface area contributed by atoms with E-state index in [1.54, 1.807) is 18.2 Å². The molecule has 0 saturated carbocycles. The molecule has 1 heterocycles. The summed E-state index contributed by atoms with van der Waals surface area (Å²) in [6.45, 7) is 0. The van der Waals surface area contributed by atoms with Gasteiger partial charge in [0.1, 0.15) is 12.0 Å². The molecular formula is C20H15Cl2N5. The Morgan fingerprint density at radius 1 is 0.778 bits per heavy atom. The molecule has 0 amide bonds. The predicted octanol–water partition coefficient (Wildman–Crippen LogP) is 6.01. The minimum atomic E-state index is 0.390. The lowest BCUT2D eigenvalue weighted by Gasteiger charge is -2.14. The van der Waals surface area contributed by atoms with Gasteiger partial charge in [-0.1, -0.05) is 59.6 Å². The molecule has 5 nitrogen and oxygen atoms in total. The molecule has 7 heteroatoms. The number of aromatic nitrogens is 2. The Morgan fingerprint density at radius 3 is 2.22 bits per heavy atom. The van der Waals surface area contributed by atoms with Crippen LogP contribution in [0.4, 0.5) is 28.7 Å². The molecule has 4 rings (SSSR count). The van der Waals surface area contributed by atoms with E-state index in [0.717, 1.165) is 16.5 Å². The molecule has 134 valence electrons. The first kappa shape index (κ1) is 17.4. The molecular weight excluding hydrogens is 381 g/mol. The van der Waals surface area contributed by atoms with Gasteiger partial charge in [-0.3, -0.25) is 0 Å². The third kappa shape index (κ3) is 3.74. The lowest BCUT2D eigenvalue weighted by molar-refractivity contribution is 1.17. The predicted molar refractivity (Wildman–Crippen MR) is 113 cm³/mol. The lowest BCUT2D eigenvalue weighted by Crippen LogP contribution is -2.05. The van der Waals surface area contributed by atoms with Gasteiger partial charge in [-0.05, 0) is 29.7 Å². The number of halogens is 2. The fraction of sp³-hybridized carbons (Fsp3) is 0. The number of hydrogen-bond donors (Lipinski definition) is 3. The van der Waals surface area contributed by atoms with E-state index in [-0.39, 0.29) is 0 Å². The average molecular weight is 396 g/mol. The standard InChI is InChI=1S/C20H15Cl2N5/c21-13-8-14(22)10-15(9-13)26-19-18(23)20(25-11-24-19)27-17-7-3-5-12-4-1-2-6-16(12)17/h1-11H,23H2,(H2,24,25,26,27). The monoisotopic (exact) mass is 395 g/mol. The average Bonchev–Trinajstić information content (AvgIpc) is 2.64. The van der Waals surface area contributed by atoms with Gasteiger partial charge in [-0.2, -0.15) is 0 Å². The first-order chi connectivity index (χ1) is 13.1. The zero-order valence-corrected chi connectivity index (χ0v) is 15.6. The molecule has 0 aliphatic heterocycles. The molecule has 0 fully saturated rings. The molecule has 4 aromatic rings. The first-order valence-electron chi connectivity index (χ1n) is 8.18. The van der Waals surface area contributed by atoms with Crippen molar-refractivity contribution < 1.29 is 0 Å². The van der Waals surface area contributed by atoms with Crippen LogP contribution in [0.3, 0.4) is 0 Å². The maximum atomic E-state index is 6.28. The van der Waals surface area contributed by atoms with Crippen LogP contribution in [0.5, 0.6) is 0 Å². The molecule has 1 aromatic heterocycles. The van der Waals surface area contributed by atoms with E-state index in [2.05, 4.69) is 32.7 Å². The Kier molecular flexibility index (Phi) is 4.71. The van der Waals surface area contributed by atoms with E-state index in [9.17, 15) is 0 Å². The summed E-state index contributed by atoms with van der Waals surface area (Å²) in [6, 6.07) is 19.3. The molecule has 0 radical (unpaired) electrons. The molecule has 0 aliphatic rings. The molecule has 27 heavy (non-hydrogen) atoms. The van der Waals surface area contributed by atoms with Crippen LogP contribution in [0.15, 0.2) is 67.0 Å². The Bertz CT molecular complexity index is 1100. The van der Waals surface area contributed by atoms with Crippen LogP contribution in [0.2, 0.25) is 10.0 Å². The quantitative estimate of drug-likeness (QED) is 0.394. The number of anilines is 5. The second-order valence-corrected chi connectivity index (χ2v) is 6.79. The summed E-state index contributed by atoms with van der Waals surface area (Å²) in [6.07, 6.45) is 1.44. The first-order valence-corrected chi connectivity index (χ1v) is 8.94. The third-order valence-corrected chi connectivity index (χ3v) is 4.49. The smallest absolute Gasteiger partial charge is 0.159 e. The number of nitrogens with one attached hydrogen (secondary N) is 2. The van der Waals surface area contributed by atoms with Crippen molar-refractivity contribution >= 4 is 62.7 Å². The second kappa shape index (κ2) is 7.31. The van der Waals surface area contributed by atoms with Crippen LogP contribution in [0.1, 0.15) is 0 Å². The largest absolute Gasteiger partial charge is 0.393 e. The summed E-state index contributed by atoms with van der Waals surface area (Å²) in [5.41, 5.74) is 8.27. The van der Waals surface area contributed by atoms with Gasteiger partial charge in [-0.25, -0.2) is 9.97 Å². The van der Waals surface area contributed by atoms with E-state index in [1.165, 1.54) is 6.33 Å². The van der Waals surface area contributed by atoms with Gasteiger partial charge in [0, 0.05) is 26.8 Å². The van der Waals surface area contributed by atoms with E-state index < -0.39 is 0 Å². The summed E-state index contributed by atoms with van der Waals surface area (Å²) in [4.78, 5) is 8.50. The van der Waals surface area contributed by atoms with Gasteiger partial charge in [0.15, 0.2) is 11.6 Å². The number of hydrogen-bond acceptors (Lipinski definition) is 5. The number of fused-ring (bicyclic) bond motifs is 1. The van der Waals surface area contributed by atoms with E-state index in [4.69, 9.17) is 28.9 Å². The van der Waals surface area contributed by atoms with Gasteiger partial charge in [0.05, 0.1) is 0 Å². The van der Waals surface area contributed by atoms with Crippen LogP contribution in [-0.2, 0) is 0 Å². The summed E-state index contributed by atoms with van der Waals surface area (Å²) in [5.74, 6) is 0.975. The highest BCUT2D eigenvalue weighted by atomic mass is 35.5. The number of nitrogens with two attached hydrogens (primary N) is 1. The number of nitrogens with zero attached hydrogens (tertiary/aromatic N) is 2. The van der Waals surface area contributed by atoms with Crippen molar-refractivity contribution in [1.29, 1.82) is 0 Å². The Balaban J connectivity index is 1.67. The summed E-state index contributed by atoms with van der Waals surface area (Å²) < 4.78 is 0. The minimum Gasteiger partial charge on any atom is -0.393 e. The van der Waals surface area contributed by atoms with Gasteiger partial charge in [-0.15, -0.1) is 0 Å². The highest BCUT2D eigenvalue weighted by Gasteiger charge is 2.11. The molecule has 0 bridgehead atoms. The van der Waals surface area contributed by atoms with Crippen molar-refractivity contribution in [3.63, 3.8) is 0 Å². The summed E-state index contributed by atoms with van der Waals surface area (Å²) >= 11 is 12.1. The number of benzene rings is 3. The molecule has 0 saturated heterocycles. The van der Waals surface area contributed by atoms with Crippen molar-refractivity contribution in [3.8, 4) is 0 Å². The van der Waals surface area contributed by atoms with Crippen molar-refractivity contribution in [2.45, 2.75) is 0 Å². The van der Waals surface area contributed by atoms with Crippen LogP contribution in [0, 0.1) is 0 Å². The third-order valence-electron chi connectivity index (χ3n) is 4.05. The summed E-state index contributed by atoms with van der Waals surface area (Å²) in [7, 11) is 0. The van der Waals surface area contributed by atoms with Crippen molar-refractivity contribution in [1.82, 2.24) is 9.97 Å². The van der Waals surface area contributed by atoms with Crippen molar-refractivity contribution in [3.05, 3.63) is 77.0 Å². The maximum absolute atomic E-state index is 6.28. The van der Waals surface area contributed by atoms with Gasteiger partial charge >= 0.3 is 0 Å². The van der Waals surface area contributed by atoms with E-state index >= 15 is 0 Å². The van der Waals surface area contributed by atoms with Crippen LogP contribution < -0.4 is 16.4 Å². The normalized spacial score (nSPS) is 10.7. The molecule has 4 N–H and O–H groups in total. The molecule has 0 spiro atoms. The zero-order valence-electron chi connectivity index (χ0n) is 14.1. The van der Waals surface area contributed by atoms with Crippen molar-refractivity contribution in [2.24, 2.45) is 0 Å². The Hall–Kier alpha value is -3.02. The fourth-order valence-corrected chi connectivity index (χ4v) is 3.35. The number of rotatable bonds is 4. The topological polar surface area (TPSA) is 75.9 Å². The SMILES string of the molecule is Nc1c(Nc2cc(Cl)cc(Cl)c2)ncnc1Nc1cccc2ccccc12. The lowest BCUT2D eigenvalue weighted by atomic mass is 10.1. The highest BCUT2D eigenvalue weighted by Crippen LogP contribution is 2.32. The fourth-order valence-electron chi connectivity index (χ4n) is 2.82. The Labute approximate surface area is 166 Å². The minimum absolute atomic E-state index is 0.390. The molecule has 3 aromatic carbocycles. The van der Waals surface area contributed by atoms with E-state index in [0.29, 0.717) is 33.1 Å². The van der Waals surface area contributed by atoms with Crippen LogP contribution >= 0.6 is 23.2 Å². The zero-order chi connectivity index (χ0) is 18.8. The maximum Gasteiger partial charge on any atom is 0.159 e. The molecule has 0 unspecified atom stereocenters.